The molecule has 1 aromatic rings. The summed E-state index contributed by atoms with van der Waals surface area (Å²) in [6.45, 7) is 3.14. The third-order valence-electron chi connectivity index (χ3n) is 2.69. The van der Waals surface area contributed by atoms with E-state index in [0.29, 0.717) is 16.9 Å². The Morgan fingerprint density at radius 1 is 1.65 bits per heavy atom. The lowest BCUT2D eigenvalue weighted by Gasteiger charge is -2.15. The van der Waals surface area contributed by atoms with Crippen molar-refractivity contribution in [2.24, 2.45) is 5.92 Å². The third-order valence-corrected chi connectivity index (χ3v) is 2.97. The fourth-order valence-corrected chi connectivity index (χ4v) is 1.89. The van der Waals surface area contributed by atoms with E-state index in [2.05, 4.69) is 0 Å². The highest BCUT2D eigenvalue weighted by atomic mass is 35.5. The maximum absolute atomic E-state index is 13.5. The average molecular weight is 261 g/mol. The lowest BCUT2D eigenvalue weighted by atomic mass is 9.96. The maximum atomic E-state index is 13.5. The molecular formula is C12H14ClFO3. The van der Waals surface area contributed by atoms with Crippen molar-refractivity contribution in [3.8, 4) is 5.75 Å². The Balaban J connectivity index is 3.25. The number of halogens is 2. The van der Waals surface area contributed by atoms with Gasteiger partial charge in [-0.2, -0.15) is 0 Å². The fraction of sp³-hybridized carbons (Fsp3) is 0.417. The number of benzene rings is 1. The van der Waals surface area contributed by atoms with Crippen LogP contribution in [-0.2, 0) is 11.2 Å². The molecule has 1 aromatic carbocycles. The van der Waals surface area contributed by atoms with E-state index >= 15 is 0 Å². The van der Waals surface area contributed by atoms with Crippen LogP contribution >= 0.6 is 11.6 Å². The number of hydrogen-bond acceptors (Lipinski definition) is 2. The van der Waals surface area contributed by atoms with E-state index in [1.54, 1.807) is 13.8 Å². The standard InChI is InChI=1S/C12H14ClFO3/c1-6(12(15)16)4-8-7(2)10(14)5-9(13)11(8)17-3/h5-6H,4H2,1-3H3,(H,15,16). The fourth-order valence-electron chi connectivity index (χ4n) is 1.60. The van der Waals surface area contributed by atoms with Gasteiger partial charge in [-0.1, -0.05) is 18.5 Å². The van der Waals surface area contributed by atoms with Crippen LogP contribution in [0.1, 0.15) is 18.1 Å². The van der Waals surface area contributed by atoms with Crippen molar-refractivity contribution in [3.05, 3.63) is 28.0 Å². The van der Waals surface area contributed by atoms with Crippen molar-refractivity contribution in [2.45, 2.75) is 20.3 Å². The summed E-state index contributed by atoms with van der Waals surface area (Å²) >= 11 is 5.86. The summed E-state index contributed by atoms with van der Waals surface area (Å²) in [5.41, 5.74) is 0.881. The Kier molecular flexibility index (Phi) is 4.34. The molecule has 5 heteroatoms. The highest BCUT2D eigenvalue weighted by Crippen LogP contribution is 2.34. The number of methoxy groups -OCH3 is 1. The zero-order valence-electron chi connectivity index (χ0n) is 9.88. The first-order chi connectivity index (χ1) is 7.88. The minimum Gasteiger partial charge on any atom is -0.495 e. The summed E-state index contributed by atoms with van der Waals surface area (Å²) in [4.78, 5) is 10.8. The topological polar surface area (TPSA) is 46.5 Å². The van der Waals surface area contributed by atoms with E-state index in [4.69, 9.17) is 21.4 Å². The van der Waals surface area contributed by atoms with Crippen LogP contribution in [0.5, 0.6) is 5.75 Å². The van der Waals surface area contributed by atoms with E-state index in [0.717, 1.165) is 0 Å². The third kappa shape index (κ3) is 2.88. The van der Waals surface area contributed by atoms with Crippen LogP contribution < -0.4 is 4.74 Å². The number of carboxylic acids is 1. The summed E-state index contributed by atoms with van der Waals surface area (Å²) in [5.74, 6) is -1.67. The molecule has 0 aliphatic heterocycles. The molecule has 1 N–H and O–H groups in total. The van der Waals surface area contributed by atoms with Crippen molar-refractivity contribution >= 4 is 17.6 Å². The molecule has 0 heterocycles. The Morgan fingerprint density at radius 3 is 2.71 bits per heavy atom. The molecule has 0 aromatic heterocycles. The maximum Gasteiger partial charge on any atom is 0.306 e. The molecule has 17 heavy (non-hydrogen) atoms. The van der Waals surface area contributed by atoms with Gasteiger partial charge in [0.1, 0.15) is 11.6 Å². The monoisotopic (exact) mass is 260 g/mol. The van der Waals surface area contributed by atoms with E-state index in [1.807, 2.05) is 0 Å². The second-order valence-corrected chi connectivity index (χ2v) is 4.33. The smallest absolute Gasteiger partial charge is 0.306 e. The Hall–Kier alpha value is -1.29. The Morgan fingerprint density at radius 2 is 2.24 bits per heavy atom. The van der Waals surface area contributed by atoms with Gasteiger partial charge < -0.3 is 9.84 Å². The van der Waals surface area contributed by atoms with Gasteiger partial charge in [0.15, 0.2) is 0 Å². The lowest BCUT2D eigenvalue weighted by Crippen LogP contribution is -2.14. The Labute approximate surface area is 104 Å². The molecule has 0 radical (unpaired) electrons. The first-order valence-corrected chi connectivity index (χ1v) is 5.50. The largest absolute Gasteiger partial charge is 0.495 e. The van der Waals surface area contributed by atoms with Crippen molar-refractivity contribution < 1.29 is 19.0 Å². The van der Waals surface area contributed by atoms with Crippen molar-refractivity contribution in [1.82, 2.24) is 0 Å². The highest BCUT2D eigenvalue weighted by molar-refractivity contribution is 6.32. The molecule has 3 nitrogen and oxygen atoms in total. The molecule has 94 valence electrons. The molecule has 0 saturated heterocycles. The summed E-state index contributed by atoms with van der Waals surface area (Å²) in [5, 5.41) is 9.02. The normalized spacial score (nSPS) is 12.3. The molecule has 0 spiro atoms. The SMILES string of the molecule is COc1c(Cl)cc(F)c(C)c1CC(C)C(=O)O. The van der Waals surface area contributed by atoms with Crippen LogP contribution in [0.25, 0.3) is 0 Å². The molecule has 0 saturated carbocycles. The number of ether oxygens (including phenoxy) is 1. The zero-order valence-corrected chi connectivity index (χ0v) is 10.6. The molecule has 0 fully saturated rings. The first-order valence-electron chi connectivity index (χ1n) is 5.12. The van der Waals surface area contributed by atoms with Gasteiger partial charge >= 0.3 is 5.97 Å². The highest BCUT2D eigenvalue weighted by Gasteiger charge is 2.20. The van der Waals surface area contributed by atoms with E-state index in [9.17, 15) is 9.18 Å². The minimum absolute atomic E-state index is 0.156. The van der Waals surface area contributed by atoms with Gasteiger partial charge in [-0.3, -0.25) is 4.79 Å². The van der Waals surface area contributed by atoms with Crippen molar-refractivity contribution in [1.29, 1.82) is 0 Å². The average Bonchev–Trinajstić information content (AvgIpc) is 2.25. The summed E-state index contributed by atoms with van der Waals surface area (Å²) in [6, 6.07) is 1.17. The summed E-state index contributed by atoms with van der Waals surface area (Å²) in [6.07, 6.45) is 0.182. The molecule has 0 aliphatic rings. The van der Waals surface area contributed by atoms with Crippen molar-refractivity contribution in [3.63, 3.8) is 0 Å². The predicted octanol–water partition coefficient (Wildman–Crippen LogP) is 3.06. The lowest BCUT2D eigenvalue weighted by molar-refractivity contribution is -0.141. The molecule has 1 rings (SSSR count). The number of carbonyl (C=O) groups is 1. The van der Waals surface area contributed by atoms with Crippen LogP contribution in [0.2, 0.25) is 5.02 Å². The van der Waals surface area contributed by atoms with E-state index < -0.39 is 17.7 Å². The molecule has 0 bridgehead atoms. The van der Waals surface area contributed by atoms with Crippen LogP contribution in [0, 0.1) is 18.7 Å². The molecule has 0 aliphatic carbocycles. The molecule has 1 atom stereocenters. The molecular weight excluding hydrogens is 247 g/mol. The zero-order chi connectivity index (χ0) is 13.2. The first kappa shape index (κ1) is 13.8. The minimum atomic E-state index is -0.938. The van der Waals surface area contributed by atoms with Crippen molar-refractivity contribution in [2.75, 3.05) is 7.11 Å². The van der Waals surface area contributed by atoms with E-state index in [1.165, 1.54) is 13.2 Å². The summed E-state index contributed by atoms with van der Waals surface area (Å²) in [7, 11) is 1.42. The van der Waals surface area contributed by atoms with Gasteiger partial charge in [-0.05, 0) is 25.0 Å². The number of hydrogen-bond donors (Lipinski definition) is 1. The Bertz CT molecular complexity index is 446. The van der Waals surface area contributed by atoms with Gasteiger partial charge in [-0.25, -0.2) is 4.39 Å². The summed E-state index contributed by atoms with van der Waals surface area (Å²) < 4.78 is 18.6. The second kappa shape index (κ2) is 5.36. The second-order valence-electron chi connectivity index (χ2n) is 3.92. The van der Waals surface area contributed by atoms with Gasteiger partial charge in [-0.15, -0.1) is 0 Å². The van der Waals surface area contributed by atoms with Gasteiger partial charge in [0.05, 0.1) is 18.1 Å². The van der Waals surface area contributed by atoms with Gasteiger partial charge in [0.25, 0.3) is 0 Å². The van der Waals surface area contributed by atoms with E-state index in [-0.39, 0.29) is 11.4 Å². The van der Waals surface area contributed by atoms with Gasteiger partial charge in [0.2, 0.25) is 0 Å². The number of aliphatic carboxylic acids is 1. The molecule has 1 unspecified atom stereocenters. The van der Waals surface area contributed by atoms with Crippen LogP contribution in [0.15, 0.2) is 6.07 Å². The number of carboxylic acid groups (broad SMARTS) is 1. The quantitative estimate of drug-likeness (QED) is 0.905. The van der Waals surface area contributed by atoms with Crippen LogP contribution in [-0.4, -0.2) is 18.2 Å². The van der Waals surface area contributed by atoms with Crippen LogP contribution in [0.3, 0.4) is 0 Å². The number of rotatable bonds is 4. The molecule has 0 amide bonds. The van der Waals surface area contributed by atoms with Gasteiger partial charge in [0, 0.05) is 5.56 Å². The predicted molar refractivity (Wildman–Crippen MR) is 63.2 cm³/mol. The van der Waals surface area contributed by atoms with Crippen LogP contribution in [0.4, 0.5) is 4.39 Å².